The number of nitrogens with zero attached hydrogens (tertiary/aromatic N) is 1. The van der Waals surface area contributed by atoms with Crippen LogP contribution in [0, 0.1) is 5.92 Å². The van der Waals surface area contributed by atoms with Gasteiger partial charge < -0.3 is 38.4 Å². The number of rotatable bonds is 6. The molecule has 0 saturated carbocycles. The fourth-order valence-corrected chi connectivity index (χ4v) is 9.16. The Bertz CT molecular complexity index is 1380. The molecule has 3 heterocycles. The summed E-state index contributed by atoms with van der Waals surface area (Å²) in [5, 5.41) is 10.5. The molecule has 1 spiro atoms. The number of benzene rings is 1. The molecule has 2 fully saturated rings. The van der Waals surface area contributed by atoms with Gasteiger partial charge in [-0.15, -0.1) is 11.8 Å². The Morgan fingerprint density at radius 2 is 1.67 bits per heavy atom. The van der Waals surface area contributed by atoms with Crippen molar-refractivity contribution in [3.8, 4) is 11.5 Å². The summed E-state index contributed by atoms with van der Waals surface area (Å²) in [4.78, 5) is 51.9. The minimum Gasteiger partial charge on any atom is -0.504 e. The first-order valence-corrected chi connectivity index (χ1v) is 15.2. The number of phenolic OH excluding ortho intramolecular Hbond substituents is 1. The molecule has 3 aliphatic heterocycles. The van der Waals surface area contributed by atoms with E-state index in [4.69, 9.17) is 28.4 Å². The van der Waals surface area contributed by atoms with E-state index in [2.05, 4.69) is 18.0 Å². The number of carbonyl (C=O) groups is 4. The molecule has 2 aliphatic carbocycles. The minimum absolute atomic E-state index is 0.0824. The van der Waals surface area contributed by atoms with Crippen LogP contribution in [-0.4, -0.2) is 102 Å². The molecule has 43 heavy (non-hydrogen) atoms. The Labute approximate surface area is 252 Å². The van der Waals surface area contributed by atoms with Crippen molar-refractivity contribution in [1.29, 1.82) is 0 Å². The first kappa shape index (κ1) is 29.8. The number of carbonyl (C=O) groups excluding carboxylic acids is 4. The third-order valence-electron chi connectivity index (χ3n) is 9.26. The Balaban J connectivity index is 1.40. The molecular formula is C30H35NO11S. The number of hydrogen-bond donors (Lipinski definition) is 1. The number of piperidine rings is 1. The summed E-state index contributed by atoms with van der Waals surface area (Å²) in [6.45, 7) is 4.35. The predicted octanol–water partition coefficient (Wildman–Crippen LogP) is 1.63. The van der Waals surface area contributed by atoms with Crippen molar-refractivity contribution in [3.63, 3.8) is 0 Å². The van der Waals surface area contributed by atoms with Crippen molar-refractivity contribution in [2.45, 2.75) is 86.3 Å². The molecule has 0 aromatic heterocycles. The standard InChI is InChI=1S/C30H35NO11S/c1-13(32)38-23-24(39-14(2)33)26(40-15(3)34)29(42-25(23)28(36)37-5)43-20-9-7-17-18-12-16-6-8-19(35)22-21(16)30(17,27(20)41-22)10-11-31(18)4/h6-9,17-18,20,23-27,29,35H,10-12H2,1-5H3/t17?,18-,20?,23+,24+,25+,26-,27+,29+,30+/m1/s1. The number of phenols is 1. The molecule has 1 aromatic rings. The van der Waals surface area contributed by atoms with Crippen molar-refractivity contribution in [1.82, 2.24) is 4.90 Å². The van der Waals surface area contributed by atoms with Gasteiger partial charge in [0.15, 0.2) is 35.9 Å². The lowest BCUT2D eigenvalue weighted by Gasteiger charge is -2.57. The molecule has 1 N–H and O–H groups in total. The lowest BCUT2D eigenvalue weighted by atomic mass is 9.53. The van der Waals surface area contributed by atoms with Crippen molar-refractivity contribution in [2.75, 3.05) is 20.7 Å². The SMILES string of the molecule is COC(=O)[C@H]1O[C@@H](SC2C=CC3[C@H]4Cc5ccc(O)c6c5[C@@]3(CCN4C)[C@H]2O6)[C@H](OC(C)=O)[C@@H](OC(C)=O)[C@@H]1OC(C)=O. The number of methoxy groups -OCH3 is 1. The smallest absolute Gasteiger partial charge is 0.339 e. The van der Waals surface area contributed by atoms with Gasteiger partial charge in [0.2, 0.25) is 0 Å². The van der Waals surface area contributed by atoms with Crippen LogP contribution in [0.1, 0.15) is 38.3 Å². The molecule has 2 bridgehead atoms. The molecule has 10 atom stereocenters. The molecule has 0 radical (unpaired) electrons. The second kappa shape index (κ2) is 11.0. The Hall–Kier alpha value is -3.29. The average Bonchev–Trinajstić information content (AvgIpc) is 3.30. The molecular weight excluding hydrogens is 582 g/mol. The minimum atomic E-state index is -1.47. The van der Waals surface area contributed by atoms with Gasteiger partial charge in [0.25, 0.3) is 0 Å². The fourth-order valence-electron chi connectivity index (χ4n) is 7.68. The topological polar surface area (TPSA) is 147 Å². The van der Waals surface area contributed by atoms with Crippen LogP contribution >= 0.6 is 11.8 Å². The molecule has 0 amide bonds. The van der Waals surface area contributed by atoms with Crippen LogP contribution in [0.3, 0.4) is 0 Å². The second-order valence-corrected chi connectivity index (χ2v) is 13.0. The van der Waals surface area contributed by atoms with E-state index < -0.39 is 65.2 Å². The van der Waals surface area contributed by atoms with E-state index in [1.165, 1.54) is 18.7 Å². The second-order valence-electron chi connectivity index (χ2n) is 11.7. The first-order valence-electron chi connectivity index (χ1n) is 14.3. The highest BCUT2D eigenvalue weighted by molar-refractivity contribution is 8.00. The zero-order chi connectivity index (χ0) is 30.8. The molecule has 12 nitrogen and oxygen atoms in total. The zero-order valence-corrected chi connectivity index (χ0v) is 25.3. The largest absolute Gasteiger partial charge is 0.504 e. The summed E-state index contributed by atoms with van der Waals surface area (Å²) < 4.78 is 34.4. The monoisotopic (exact) mass is 617 g/mol. The summed E-state index contributed by atoms with van der Waals surface area (Å²) in [7, 11) is 3.29. The Morgan fingerprint density at radius 3 is 2.35 bits per heavy atom. The van der Waals surface area contributed by atoms with E-state index in [0.717, 1.165) is 51.5 Å². The van der Waals surface area contributed by atoms with Gasteiger partial charge in [-0.2, -0.15) is 0 Å². The van der Waals surface area contributed by atoms with Gasteiger partial charge >= 0.3 is 23.9 Å². The lowest BCUT2D eigenvalue weighted by molar-refractivity contribution is -0.235. The Kier molecular flexibility index (Phi) is 7.62. The molecule has 232 valence electrons. The van der Waals surface area contributed by atoms with Gasteiger partial charge in [0, 0.05) is 43.7 Å². The van der Waals surface area contributed by atoms with Gasteiger partial charge in [-0.3, -0.25) is 14.4 Å². The van der Waals surface area contributed by atoms with E-state index >= 15 is 0 Å². The summed E-state index contributed by atoms with van der Waals surface area (Å²) in [6, 6.07) is 3.91. The van der Waals surface area contributed by atoms with Crippen LogP contribution in [0.5, 0.6) is 11.5 Å². The van der Waals surface area contributed by atoms with Gasteiger partial charge in [-0.25, -0.2) is 4.79 Å². The molecule has 2 saturated heterocycles. The number of esters is 4. The average molecular weight is 618 g/mol. The van der Waals surface area contributed by atoms with Crippen molar-refractivity contribution in [3.05, 3.63) is 35.4 Å². The number of likely N-dealkylation sites (N-methyl/N-ethyl adjacent to an activating group) is 1. The van der Waals surface area contributed by atoms with Crippen molar-refractivity contribution < 1.29 is 52.7 Å². The lowest BCUT2D eigenvalue weighted by Crippen LogP contribution is -2.65. The van der Waals surface area contributed by atoms with E-state index in [9.17, 15) is 24.3 Å². The first-order chi connectivity index (χ1) is 20.5. The van der Waals surface area contributed by atoms with E-state index in [0.29, 0.717) is 5.75 Å². The summed E-state index contributed by atoms with van der Waals surface area (Å²) in [6.07, 6.45) is -0.0437. The van der Waals surface area contributed by atoms with E-state index in [1.54, 1.807) is 6.07 Å². The molecule has 13 heteroatoms. The number of aromatic hydroxyl groups is 1. The maximum atomic E-state index is 12.9. The van der Waals surface area contributed by atoms with Crippen molar-refractivity contribution >= 4 is 35.6 Å². The maximum absolute atomic E-state index is 12.9. The normalized spacial score (nSPS) is 37.0. The Morgan fingerprint density at radius 1 is 1.00 bits per heavy atom. The zero-order valence-electron chi connectivity index (χ0n) is 24.5. The van der Waals surface area contributed by atoms with Crippen LogP contribution in [0.4, 0.5) is 0 Å². The van der Waals surface area contributed by atoms with Crippen LogP contribution in [0.15, 0.2) is 24.3 Å². The fraction of sp³-hybridized carbons (Fsp3) is 0.600. The molecule has 6 rings (SSSR count). The van der Waals surface area contributed by atoms with Crippen LogP contribution in [0.25, 0.3) is 0 Å². The van der Waals surface area contributed by atoms with Crippen molar-refractivity contribution in [2.24, 2.45) is 5.92 Å². The highest BCUT2D eigenvalue weighted by atomic mass is 32.2. The third kappa shape index (κ3) is 4.76. The van der Waals surface area contributed by atoms with E-state index in [-0.39, 0.29) is 23.0 Å². The quantitative estimate of drug-likeness (QED) is 0.280. The molecule has 2 unspecified atom stereocenters. The number of hydrogen-bond acceptors (Lipinski definition) is 13. The van der Waals surface area contributed by atoms with Crippen LogP contribution in [0.2, 0.25) is 0 Å². The van der Waals surface area contributed by atoms with Crippen LogP contribution < -0.4 is 4.74 Å². The maximum Gasteiger partial charge on any atom is 0.339 e. The summed E-state index contributed by atoms with van der Waals surface area (Å²) in [5.74, 6) is -2.30. The summed E-state index contributed by atoms with van der Waals surface area (Å²) >= 11 is 1.25. The predicted molar refractivity (Wildman–Crippen MR) is 150 cm³/mol. The van der Waals surface area contributed by atoms with Gasteiger partial charge in [0.05, 0.1) is 12.4 Å². The van der Waals surface area contributed by atoms with E-state index in [1.807, 2.05) is 12.1 Å². The third-order valence-corrected chi connectivity index (χ3v) is 10.6. The molecule has 5 aliphatic rings. The summed E-state index contributed by atoms with van der Waals surface area (Å²) in [5.41, 5.74) is 0.730. The van der Waals surface area contributed by atoms with Crippen LogP contribution in [-0.2, 0) is 54.7 Å². The highest BCUT2D eigenvalue weighted by Gasteiger charge is 2.65. The number of ether oxygens (including phenoxy) is 6. The molecule has 1 aromatic carbocycles. The van der Waals surface area contributed by atoms with Gasteiger partial charge in [0.1, 0.15) is 11.5 Å². The number of thioether (sulfide) groups is 1. The number of likely N-dealkylation sites (tertiary alicyclic amines) is 1. The highest BCUT2D eigenvalue weighted by Crippen LogP contribution is 2.63. The van der Waals surface area contributed by atoms with Gasteiger partial charge in [-0.05, 0) is 38.1 Å². The van der Waals surface area contributed by atoms with Gasteiger partial charge in [-0.1, -0.05) is 18.2 Å².